The Morgan fingerprint density at radius 2 is 2.12 bits per heavy atom. The van der Waals surface area contributed by atoms with Crippen LogP contribution in [0, 0.1) is 17.0 Å². The van der Waals surface area contributed by atoms with Crippen LogP contribution in [0.25, 0.3) is 0 Å². The lowest BCUT2D eigenvalue weighted by Gasteiger charge is -2.27. The number of amides is 1. The lowest BCUT2D eigenvalue weighted by molar-refractivity contribution is -0.529. The number of aryl methyl sites for hydroxylation is 1. The van der Waals surface area contributed by atoms with Gasteiger partial charge in [0.1, 0.15) is 6.04 Å². The van der Waals surface area contributed by atoms with Crippen molar-refractivity contribution in [1.82, 2.24) is 5.32 Å². The number of hydrogen-bond donors (Lipinski definition) is 1. The zero-order valence-corrected chi connectivity index (χ0v) is 9.55. The summed E-state index contributed by atoms with van der Waals surface area (Å²) in [4.78, 5) is 22.1. The summed E-state index contributed by atoms with van der Waals surface area (Å²) in [6.07, 6.45) is 0.534. The van der Waals surface area contributed by atoms with Crippen LogP contribution in [-0.4, -0.2) is 16.9 Å². The summed E-state index contributed by atoms with van der Waals surface area (Å²) in [5, 5.41) is 13.7. The Bertz CT molecular complexity index is 459. The van der Waals surface area contributed by atoms with Gasteiger partial charge in [-0.25, -0.2) is 0 Å². The number of nitrogens with one attached hydrogen (secondary N) is 1. The Balaban J connectivity index is 2.35. The Hall–Kier alpha value is -1.91. The first-order chi connectivity index (χ1) is 8.09. The summed E-state index contributed by atoms with van der Waals surface area (Å²) >= 11 is 0. The van der Waals surface area contributed by atoms with Crippen LogP contribution in [-0.2, 0) is 4.79 Å². The first-order valence-corrected chi connectivity index (χ1v) is 5.58. The molecule has 0 bridgehead atoms. The zero-order valence-electron chi connectivity index (χ0n) is 9.55. The summed E-state index contributed by atoms with van der Waals surface area (Å²) < 4.78 is 0. The molecular weight excluding hydrogens is 220 g/mol. The van der Waals surface area contributed by atoms with Gasteiger partial charge in [-0.2, -0.15) is 0 Å². The first kappa shape index (κ1) is 11.6. The molecule has 1 heterocycles. The lowest BCUT2D eigenvalue weighted by atomic mass is 9.90. The number of rotatable bonds is 2. The molecule has 0 unspecified atom stereocenters. The molecule has 0 aromatic heterocycles. The third kappa shape index (κ3) is 2.27. The number of carbonyl (C=O) groups excluding carboxylic acids is 1. The van der Waals surface area contributed by atoms with Crippen molar-refractivity contribution in [3.05, 3.63) is 45.5 Å². The van der Waals surface area contributed by atoms with Gasteiger partial charge >= 0.3 is 0 Å². The molecule has 90 valence electrons. The molecule has 2 rings (SSSR count). The van der Waals surface area contributed by atoms with E-state index < -0.39 is 12.1 Å². The van der Waals surface area contributed by atoms with Gasteiger partial charge in [0.2, 0.25) is 11.9 Å². The Kier molecular flexibility index (Phi) is 3.08. The fourth-order valence-electron chi connectivity index (χ4n) is 2.24. The second-order valence-electron chi connectivity index (χ2n) is 4.29. The van der Waals surface area contributed by atoms with E-state index in [9.17, 15) is 14.9 Å². The Morgan fingerprint density at radius 1 is 1.41 bits per heavy atom. The molecule has 5 nitrogen and oxygen atoms in total. The predicted molar refractivity (Wildman–Crippen MR) is 62.1 cm³/mol. The average molecular weight is 234 g/mol. The lowest BCUT2D eigenvalue weighted by Crippen LogP contribution is -2.45. The molecule has 1 amide bonds. The molecule has 0 radical (unpaired) electrons. The predicted octanol–water partition coefficient (Wildman–Crippen LogP) is 1.59. The van der Waals surface area contributed by atoms with Gasteiger partial charge in [-0.1, -0.05) is 24.3 Å². The molecule has 17 heavy (non-hydrogen) atoms. The summed E-state index contributed by atoms with van der Waals surface area (Å²) in [6, 6.07) is 6.21. The van der Waals surface area contributed by atoms with Gasteiger partial charge in [-0.05, 0) is 18.1 Å². The highest BCUT2D eigenvalue weighted by Crippen LogP contribution is 2.28. The molecule has 1 aliphatic heterocycles. The van der Waals surface area contributed by atoms with Crippen LogP contribution in [0.2, 0.25) is 0 Å². The summed E-state index contributed by atoms with van der Waals surface area (Å²) in [5.74, 6) is -0.114. The van der Waals surface area contributed by atoms with E-state index in [1.165, 1.54) is 0 Å². The molecule has 1 aromatic carbocycles. The number of benzene rings is 1. The molecule has 2 atom stereocenters. The third-order valence-electron chi connectivity index (χ3n) is 3.16. The van der Waals surface area contributed by atoms with E-state index in [0.717, 1.165) is 11.1 Å². The molecule has 0 saturated carbocycles. The van der Waals surface area contributed by atoms with Crippen molar-refractivity contribution in [3.63, 3.8) is 0 Å². The van der Waals surface area contributed by atoms with E-state index in [2.05, 4.69) is 5.32 Å². The smallest absolute Gasteiger partial charge is 0.237 e. The highest BCUT2D eigenvalue weighted by Gasteiger charge is 2.38. The second kappa shape index (κ2) is 4.53. The quantitative estimate of drug-likeness (QED) is 0.624. The van der Waals surface area contributed by atoms with Gasteiger partial charge in [0, 0.05) is 17.8 Å². The van der Waals surface area contributed by atoms with Crippen molar-refractivity contribution in [1.29, 1.82) is 0 Å². The zero-order chi connectivity index (χ0) is 12.4. The maximum atomic E-state index is 11.4. The SMILES string of the molecule is Cc1ccccc1[C@@H]1NC(=O)CC[C@H]1[N+](=O)[O-]. The topological polar surface area (TPSA) is 72.2 Å². The third-order valence-corrected chi connectivity index (χ3v) is 3.16. The van der Waals surface area contributed by atoms with Crippen molar-refractivity contribution in [2.75, 3.05) is 0 Å². The maximum absolute atomic E-state index is 11.4. The van der Waals surface area contributed by atoms with Gasteiger partial charge in [0.15, 0.2) is 0 Å². The minimum absolute atomic E-state index is 0.114. The second-order valence-corrected chi connectivity index (χ2v) is 4.29. The van der Waals surface area contributed by atoms with Crippen LogP contribution in [0.1, 0.15) is 30.0 Å². The molecule has 1 saturated heterocycles. The van der Waals surface area contributed by atoms with Crippen molar-refractivity contribution < 1.29 is 9.72 Å². The van der Waals surface area contributed by atoms with Gasteiger partial charge in [-0.3, -0.25) is 14.9 Å². The van der Waals surface area contributed by atoms with Gasteiger partial charge in [0.25, 0.3) is 0 Å². The van der Waals surface area contributed by atoms with Gasteiger partial charge < -0.3 is 5.32 Å². The summed E-state index contributed by atoms with van der Waals surface area (Å²) in [6.45, 7) is 1.90. The molecule has 1 aromatic rings. The normalized spacial score (nSPS) is 24.2. The molecule has 0 spiro atoms. The Morgan fingerprint density at radius 3 is 2.76 bits per heavy atom. The molecule has 1 fully saturated rings. The monoisotopic (exact) mass is 234 g/mol. The van der Waals surface area contributed by atoms with Crippen molar-refractivity contribution >= 4 is 5.91 Å². The van der Waals surface area contributed by atoms with Gasteiger partial charge in [-0.15, -0.1) is 0 Å². The molecule has 1 N–H and O–H groups in total. The fraction of sp³-hybridized carbons (Fsp3) is 0.417. The van der Waals surface area contributed by atoms with E-state index in [0.29, 0.717) is 6.42 Å². The van der Waals surface area contributed by atoms with Crippen molar-refractivity contribution in [2.24, 2.45) is 0 Å². The van der Waals surface area contributed by atoms with Crippen LogP contribution < -0.4 is 5.32 Å². The van der Waals surface area contributed by atoms with Crippen LogP contribution in [0.3, 0.4) is 0 Å². The standard InChI is InChI=1S/C12H14N2O3/c1-8-4-2-3-5-9(8)12-10(14(16)17)6-7-11(15)13-12/h2-5,10,12H,6-7H2,1H3,(H,13,15)/t10-,12+/m1/s1. The van der Waals surface area contributed by atoms with E-state index >= 15 is 0 Å². The van der Waals surface area contributed by atoms with E-state index in [1.54, 1.807) is 0 Å². The van der Waals surface area contributed by atoms with E-state index in [-0.39, 0.29) is 17.3 Å². The van der Waals surface area contributed by atoms with Crippen LogP contribution in [0.4, 0.5) is 0 Å². The van der Waals surface area contributed by atoms with Crippen LogP contribution >= 0.6 is 0 Å². The molecular formula is C12H14N2O3. The Labute approximate surface area is 99.0 Å². The number of nitrogens with zero attached hydrogens (tertiary/aromatic N) is 1. The number of piperidine rings is 1. The highest BCUT2D eigenvalue weighted by molar-refractivity contribution is 5.77. The number of carbonyl (C=O) groups is 1. The minimum atomic E-state index is -0.728. The van der Waals surface area contributed by atoms with Crippen LogP contribution in [0.15, 0.2) is 24.3 Å². The van der Waals surface area contributed by atoms with Crippen LogP contribution in [0.5, 0.6) is 0 Å². The molecule has 5 heteroatoms. The fourth-order valence-corrected chi connectivity index (χ4v) is 2.24. The average Bonchev–Trinajstić information content (AvgIpc) is 2.29. The largest absolute Gasteiger partial charge is 0.343 e. The summed E-state index contributed by atoms with van der Waals surface area (Å²) in [7, 11) is 0. The van der Waals surface area contributed by atoms with E-state index in [4.69, 9.17) is 0 Å². The summed E-state index contributed by atoms with van der Waals surface area (Å²) in [5.41, 5.74) is 1.80. The molecule has 1 aliphatic rings. The van der Waals surface area contributed by atoms with Gasteiger partial charge in [0.05, 0.1) is 0 Å². The number of nitro groups is 1. The minimum Gasteiger partial charge on any atom is -0.343 e. The van der Waals surface area contributed by atoms with Crippen molar-refractivity contribution in [3.8, 4) is 0 Å². The first-order valence-electron chi connectivity index (χ1n) is 5.58. The highest BCUT2D eigenvalue weighted by atomic mass is 16.6. The van der Waals surface area contributed by atoms with Crippen molar-refractivity contribution in [2.45, 2.75) is 31.8 Å². The van der Waals surface area contributed by atoms with E-state index in [1.807, 2.05) is 31.2 Å². The maximum Gasteiger partial charge on any atom is 0.237 e. The number of hydrogen-bond acceptors (Lipinski definition) is 3. The molecule has 0 aliphatic carbocycles.